The van der Waals surface area contributed by atoms with E-state index in [4.69, 9.17) is 16.3 Å². The number of amidine groups is 1. The van der Waals surface area contributed by atoms with E-state index in [0.717, 1.165) is 5.56 Å². The van der Waals surface area contributed by atoms with Crippen LogP contribution in [0.25, 0.3) is 0 Å². The maximum atomic E-state index is 13.8. The van der Waals surface area contributed by atoms with Gasteiger partial charge in [-0.15, -0.1) is 0 Å². The summed E-state index contributed by atoms with van der Waals surface area (Å²) >= 11 is 7.17. The average Bonchev–Trinajstić information content (AvgIpc) is 3.25. The number of anilines is 1. The van der Waals surface area contributed by atoms with Gasteiger partial charge >= 0.3 is 6.09 Å². The zero-order valence-corrected chi connectivity index (χ0v) is 22.9. The fourth-order valence-corrected chi connectivity index (χ4v) is 8.27. The molecule has 12 heteroatoms. The topological polar surface area (TPSA) is 105 Å². The normalized spacial score (nSPS) is 22.5. The summed E-state index contributed by atoms with van der Waals surface area (Å²) in [6.45, 7) is 5.15. The summed E-state index contributed by atoms with van der Waals surface area (Å²) in [5, 5.41) is 2.40. The number of ether oxygens (including phenoxy) is 1. The number of rotatable bonds is 5. The van der Waals surface area contributed by atoms with Crippen molar-refractivity contribution < 1.29 is 27.1 Å². The Hall–Kier alpha value is -2.63. The number of benzene rings is 2. The molecular formula is C25H27ClFN3O5S2. The van der Waals surface area contributed by atoms with Gasteiger partial charge in [-0.05, 0) is 44.5 Å². The van der Waals surface area contributed by atoms with E-state index in [9.17, 15) is 22.4 Å². The van der Waals surface area contributed by atoms with Crippen molar-refractivity contribution in [3.63, 3.8) is 0 Å². The third-order valence-electron chi connectivity index (χ3n) is 5.73. The molecule has 2 aromatic carbocycles. The van der Waals surface area contributed by atoms with E-state index >= 15 is 0 Å². The lowest BCUT2D eigenvalue weighted by molar-refractivity contribution is -0.119. The highest BCUT2D eigenvalue weighted by atomic mass is 35.5. The SMILES string of the molecule is CC(C)(C)OC(=O)N[C@H](Cc1ccccc1)C(=O)N=C1S[C@@H]2CS(=O)(=O)C[C@@H]2N1c1ccc(F)c(Cl)c1. The number of nitrogens with one attached hydrogen (secondary N) is 1. The van der Waals surface area contributed by atoms with Gasteiger partial charge in [0.25, 0.3) is 5.91 Å². The first-order valence-electron chi connectivity index (χ1n) is 11.6. The van der Waals surface area contributed by atoms with Gasteiger partial charge in [0.1, 0.15) is 17.5 Å². The minimum absolute atomic E-state index is 0.0649. The van der Waals surface area contributed by atoms with Crippen LogP contribution in [0.4, 0.5) is 14.9 Å². The molecule has 37 heavy (non-hydrogen) atoms. The van der Waals surface area contributed by atoms with Crippen LogP contribution in [0.1, 0.15) is 26.3 Å². The number of carbonyl (C=O) groups excluding carboxylic acids is 2. The summed E-state index contributed by atoms with van der Waals surface area (Å²) in [5.74, 6) is -1.44. The van der Waals surface area contributed by atoms with Crippen LogP contribution >= 0.6 is 23.4 Å². The molecular weight excluding hydrogens is 541 g/mol. The van der Waals surface area contributed by atoms with Crippen molar-refractivity contribution in [2.45, 2.75) is 50.1 Å². The maximum Gasteiger partial charge on any atom is 0.408 e. The molecule has 0 saturated carbocycles. The summed E-state index contributed by atoms with van der Waals surface area (Å²) < 4.78 is 43.8. The first kappa shape index (κ1) is 27.4. The molecule has 1 N–H and O–H groups in total. The number of thioether (sulfide) groups is 1. The van der Waals surface area contributed by atoms with Crippen LogP contribution in [0, 0.1) is 5.82 Å². The molecule has 0 spiro atoms. The number of carbonyl (C=O) groups is 2. The summed E-state index contributed by atoms with van der Waals surface area (Å²) in [6.07, 6.45) is -0.588. The highest BCUT2D eigenvalue weighted by Gasteiger charge is 2.49. The van der Waals surface area contributed by atoms with Gasteiger partial charge in [-0.25, -0.2) is 17.6 Å². The van der Waals surface area contributed by atoms with Crippen molar-refractivity contribution in [1.82, 2.24) is 5.32 Å². The smallest absolute Gasteiger partial charge is 0.408 e. The van der Waals surface area contributed by atoms with E-state index in [1.54, 1.807) is 25.7 Å². The number of amides is 2. The number of alkyl carbamates (subject to hydrolysis) is 1. The Labute approximate surface area is 224 Å². The van der Waals surface area contributed by atoms with Crippen LogP contribution in [0.3, 0.4) is 0 Å². The molecule has 2 heterocycles. The molecule has 2 aliphatic rings. The molecule has 2 aromatic rings. The highest BCUT2D eigenvalue weighted by Crippen LogP contribution is 2.41. The second-order valence-corrected chi connectivity index (χ2v) is 13.7. The molecule has 0 unspecified atom stereocenters. The molecule has 0 aromatic heterocycles. The second-order valence-electron chi connectivity index (χ2n) is 9.89. The molecule has 198 valence electrons. The van der Waals surface area contributed by atoms with Gasteiger partial charge in [0.05, 0.1) is 22.6 Å². The lowest BCUT2D eigenvalue weighted by Gasteiger charge is -2.25. The van der Waals surface area contributed by atoms with Crippen LogP contribution < -0.4 is 10.2 Å². The number of fused-ring (bicyclic) bond motifs is 1. The van der Waals surface area contributed by atoms with E-state index in [1.165, 1.54) is 30.0 Å². The largest absolute Gasteiger partial charge is 0.444 e. The fraction of sp³-hybridized carbons (Fsp3) is 0.400. The van der Waals surface area contributed by atoms with E-state index < -0.39 is 45.3 Å². The van der Waals surface area contributed by atoms with E-state index in [0.29, 0.717) is 5.69 Å². The van der Waals surface area contributed by atoms with Gasteiger partial charge in [0.2, 0.25) is 0 Å². The minimum Gasteiger partial charge on any atom is -0.444 e. The lowest BCUT2D eigenvalue weighted by Crippen LogP contribution is -2.45. The molecule has 2 aliphatic heterocycles. The fourth-order valence-electron chi connectivity index (χ4n) is 4.17. The van der Waals surface area contributed by atoms with Crippen molar-refractivity contribution in [1.29, 1.82) is 0 Å². The van der Waals surface area contributed by atoms with Crippen LogP contribution in [-0.2, 0) is 25.8 Å². The van der Waals surface area contributed by atoms with Gasteiger partial charge in [0, 0.05) is 17.4 Å². The lowest BCUT2D eigenvalue weighted by atomic mass is 10.1. The summed E-state index contributed by atoms with van der Waals surface area (Å²) in [5.41, 5.74) is 0.468. The molecule has 2 amide bonds. The average molecular weight is 568 g/mol. The summed E-state index contributed by atoms with van der Waals surface area (Å²) in [4.78, 5) is 31.9. The molecule has 0 bridgehead atoms. The number of hydrogen-bond acceptors (Lipinski definition) is 6. The standard InChI is InChI=1S/C25H27ClFN3O5S2/c1-25(2,3)35-24(32)28-19(11-15-7-5-4-6-8-15)22(31)29-23-30(16-9-10-18(27)17(26)12-16)20-13-37(33,34)14-21(20)36-23/h4-10,12,19-21H,11,13-14H2,1-3H3,(H,28,32)/t19-,20+,21-/m1/s1. The monoisotopic (exact) mass is 567 g/mol. The van der Waals surface area contributed by atoms with Crippen LogP contribution in [0.5, 0.6) is 0 Å². The number of halogens is 2. The van der Waals surface area contributed by atoms with Crippen molar-refractivity contribution >= 4 is 56.1 Å². The summed E-state index contributed by atoms with van der Waals surface area (Å²) in [7, 11) is -3.29. The number of aliphatic imine (C=N–C) groups is 1. The van der Waals surface area contributed by atoms with Crippen molar-refractivity contribution in [2.24, 2.45) is 4.99 Å². The number of sulfone groups is 1. The maximum absolute atomic E-state index is 13.8. The zero-order chi connectivity index (χ0) is 27.0. The van der Waals surface area contributed by atoms with Gasteiger partial charge in [-0.1, -0.05) is 53.7 Å². The van der Waals surface area contributed by atoms with Crippen molar-refractivity contribution in [3.8, 4) is 0 Å². The van der Waals surface area contributed by atoms with Gasteiger partial charge in [-0.3, -0.25) is 4.79 Å². The summed E-state index contributed by atoms with van der Waals surface area (Å²) in [6, 6.07) is 11.7. The minimum atomic E-state index is -3.29. The van der Waals surface area contributed by atoms with E-state index in [1.807, 2.05) is 30.3 Å². The molecule has 2 saturated heterocycles. The predicted octanol–water partition coefficient (Wildman–Crippen LogP) is 4.22. The van der Waals surface area contributed by atoms with Crippen molar-refractivity contribution in [2.75, 3.05) is 16.4 Å². The first-order chi connectivity index (χ1) is 17.3. The Kier molecular flexibility index (Phi) is 7.87. The molecule has 4 rings (SSSR count). The van der Waals surface area contributed by atoms with Crippen LogP contribution in [-0.4, -0.2) is 60.0 Å². The zero-order valence-electron chi connectivity index (χ0n) is 20.5. The molecule has 8 nitrogen and oxygen atoms in total. The Morgan fingerprint density at radius 3 is 2.57 bits per heavy atom. The number of hydrogen-bond donors (Lipinski definition) is 1. The van der Waals surface area contributed by atoms with Crippen LogP contribution in [0.15, 0.2) is 53.5 Å². The molecule has 0 radical (unpaired) electrons. The van der Waals surface area contributed by atoms with Gasteiger partial charge in [-0.2, -0.15) is 4.99 Å². The van der Waals surface area contributed by atoms with E-state index in [2.05, 4.69) is 10.3 Å². The second kappa shape index (κ2) is 10.6. The Morgan fingerprint density at radius 1 is 1.22 bits per heavy atom. The number of nitrogens with zero attached hydrogens (tertiary/aromatic N) is 2. The first-order valence-corrected chi connectivity index (χ1v) is 14.7. The molecule has 2 fully saturated rings. The Balaban J connectivity index is 1.66. The third-order valence-corrected chi connectivity index (χ3v) is 9.22. The van der Waals surface area contributed by atoms with E-state index in [-0.39, 0.29) is 33.4 Å². The quantitative estimate of drug-likeness (QED) is 0.577. The Bertz CT molecular complexity index is 1330. The third kappa shape index (κ3) is 6.82. The molecule has 0 aliphatic carbocycles. The Morgan fingerprint density at radius 2 is 1.92 bits per heavy atom. The van der Waals surface area contributed by atoms with Crippen LogP contribution in [0.2, 0.25) is 5.02 Å². The van der Waals surface area contributed by atoms with Gasteiger partial charge in [0.15, 0.2) is 15.0 Å². The highest BCUT2D eigenvalue weighted by molar-refractivity contribution is 8.16. The van der Waals surface area contributed by atoms with Gasteiger partial charge < -0.3 is 15.0 Å². The van der Waals surface area contributed by atoms with Crippen molar-refractivity contribution in [3.05, 3.63) is 64.9 Å². The molecule has 3 atom stereocenters. The predicted molar refractivity (Wildman–Crippen MR) is 143 cm³/mol.